The van der Waals surface area contributed by atoms with Gasteiger partial charge in [-0.05, 0) is 38.9 Å². The largest absolute Gasteiger partial charge is 0.487 e. The van der Waals surface area contributed by atoms with Gasteiger partial charge in [-0.25, -0.2) is 4.68 Å². The first-order valence-electron chi connectivity index (χ1n) is 10.7. The minimum atomic E-state index is -0.313. The van der Waals surface area contributed by atoms with Gasteiger partial charge in [-0.3, -0.25) is 5.32 Å². The second-order valence-corrected chi connectivity index (χ2v) is 8.94. The number of hydrogen-bond donors (Lipinski definition) is 1. The molecule has 3 aromatic rings. The van der Waals surface area contributed by atoms with Crippen LogP contribution in [0.5, 0.6) is 11.8 Å². The Morgan fingerprint density at radius 1 is 1.19 bits per heavy atom. The summed E-state index contributed by atoms with van der Waals surface area (Å²) in [6.07, 6.45) is 4.94. The van der Waals surface area contributed by atoms with Crippen molar-refractivity contribution in [1.29, 1.82) is 0 Å². The molecule has 2 bridgehead atoms. The molecule has 9 nitrogen and oxygen atoms in total. The van der Waals surface area contributed by atoms with Crippen molar-refractivity contribution in [1.82, 2.24) is 25.1 Å². The molecular formula is C22H26N6O3. The molecule has 1 N–H and O–H groups in total. The van der Waals surface area contributed by atoms with Crippen molar-refractivity contribution in [3.63, 3.8) is 0 Å². The number of anilines is 1. The van der Waals surface area contributed by atoms with Gasteiger partial charge in [0.05, 0.1) is 38.0 Å². The normalized spacial score (nSPS) is 25.9. The lowest BCUT2D eigenvalue weighted by molar-refractivity contribution is -0.0192. The molecule has 2 unspecified atom stereocenters. The van der Waals surface area contributed by atoms with Gasteiger partial charge in [0.2, 0.25) is 0 Å². The Labute approximate surface area is 180 Å². The molecule has 0 amide bonds. The quantitative estimate of drug-likeness (QED) is 0.648. The van der Waals surface area contributed by atoms with Gasteiger partial charge in [0, 0.05) is 23.9 Å². The second-order valence-electron chi connectivity index (χ2n) is 8.94. The van der Waals surface area contributed by atoms with E-state index in [1.165, 1.54) is 0 Å². The highest BCUT2D eigenvalue weighted by molar-refractivity contribution is 5.81. The molecule has 3 fully saturated rings. The average molecular weight is 422 g/mol. The standard InChI is InChI=1S/C22H26N6O3/c1-21(6-7-21)31-16-5-4-14-11-24-28(17(14)8-16)19-9-18(25-20(26-19)29-3)27-13-22(23-2)10-15(27)12-30-22/h4-5,8-9,11,15,23H,6-7,10,12-13H2,1-3H3. The van der Waals surface area contributed by atoms with E-state index in [4.69, 9.17) is 14.2 Å². The lowest BCUT2D eigenvalue weighted by Gasteiger charge is -2.33. The molecule has 0 radical (unpaired) electrons. The third-order valence-corrected chi connectivity index (χ3v) is 6.67. The zero-order chi connectivity index (χ0) is 21.2. The van der Waals surface area contributed by atoms with Crippen LogP contribution in [0.15, 0.2) is 30.5 Å². The van der Waals surface area contributed by atoms with E-state index in [0.717, 1.165) is 48.3 Å². The Hall–Kier alpha value is -2.91. The van der Waals surface area contributed by atoms with Gasteiger partial charge in [-0.2, -0.15) is 15.1 Å². The Balaban J connectivity index is 1.40. The maximum Gasteiger partial charge on any atom is 0.320 e. The monoisotopic (exact) mass is 422 g/mol. The number of aromatic nitrogens is 4. The Morgan fingerprint density at radius 3 is 2.77 bits per heavy atom. The first-order valence-corrected chi connectivity index (χ1v) is 10.7. The number of rotatable bonds is 6. The minimum absolute atomic E-state index is 0.0375. The molecule has 2 atom stereocenters. The number of methoxy groups -OCH3 is 1. The van der Waals surface area contributed by atoms with Crippen LogP contribution in [0, 0.1) is 0 Å². The van der Waals surface area contributed by atoms with Crippen LogP contribution in [-0.2, 0) is 4.74 Å². The fourth-order valence-corrected chi connectivity index (χ4v) is 4.54. The summed E-state index contributed by atoms with van der Waals surface area (Å²) in [5.74, 6) is 2.32. The predicted molar refractivity (Wildman–Crippen MR) is 115 cm³/mol. The minimum Gasteiger partial charge on any atom is -0.487 e. The Kier molecular flexibility index (Phi) is 3.97. The van der Waals surface area contributed by atoms with Gasteiger partial charge in [-0.15, -0.1) is 0 Å². The van der Waals surface area contributed by atoms with E-state index in [0.29, 0.717) is 18.4 Å². The lowest BCUT2D eigenvalue weighted by Crippen LogP contribution is -2.50. The van der Waals surface area contributed by atoms with Gasteiger partial charge < -0.3 is 19.1 Å². The Morgan fingerprint density at radius 2 is 2.03 bits per heavy atom. The lowest BCUT2D eigenvalue weighted by atomic mass is 10.2. The number of nitrogens with one attached hydrogen (secondary N) is 1. The summed E-state index contributed by atoms with van der Waals surface area (Å²) in [4.78, 5) is 11.5. The highest BCUT2D eigenvalue weighted by atomic mass is 16.5. The number of hydrogen-bond acceptors (Lipinski definition) is 8. The number of morpholine rings is 1. The van der Waals surface area contributed by atoms with Gasteiger partial charge in [0.15, 0.2) is 5.82 Å². The summed E-state index contributed by atoms with van der Waals surface area (Å²) >= 11 is 0. The van der Waals surface area contributed by atoms with Crippen LogP contribution in [-0.4, -0.2) is 64.4 Å². The van der Waals surface area contributed by atoms with Crippen LogP contribution < -0.4 is 19.7 Å². The van der Waals surface area contributed by atoms with Crippen molar-refractivity contribution >= 4 is 16.7 Å². The van der Waals surface area contributed by atoms with E-state index in [2.05, 4.69) is 32.2 Å². The molecule has 31 heavy (non-hydrogen) atoms. The number of fused-ring (bicyclic) bond motifs is 3. The third kappa shape index (κ3) is 3.11. The Bertz CT molecular complexity index is 1160. The second kappa shape index (κ2) is 6.54. The fraction of sp³-hybridized carbons (Fsp3) is 0.500. The van der Waals surface area contributed by atoms with Crippen molar-refractivity contribution in [3.05, 3.63) is 30.5 Å². The molecule has 3 aliphatic rings. The summed E-state index contributed by atoms with van der Waals surface area (Å²) in [6.45, 7) is 3.54. The summed E-state index contributed by atoms with van der Waals surface area (Å²) in [5.41, 5.74) is 0.586. The molecule has 162 valence electrons. The van der Waals surface area contributed by atoms with Gasteiger partial charge in [-0.1, -0.05) is 0 Å². The van der Waals surface area contributed by atoms with Crippen LogP contribution in [0.4, 0.5) is 5.82 Å². The number of ether oxygens (including phenoxy) is 3. The van der Waals surface area contributed by atoms with Gasteiger partial charge in [0.25, 0.3) is 0 Å². The smallest absolute Gasteiger partial charge is 0.320 e. The highest BCUT2D eigenvalue weighted by Gasteiger charge is 2.50. The molecule has 1 saturated carbocycles. The SMILES string of the molecule is CNC12CC(CO1)N(c1cc(-n3ncc4ccc(OC5(C)CC5)cc43)nc(OC)n1)C2. The van der Waals surface area contributed by atoms with Crippen LogP contribution in [0.25, 0.3) is 16.7 Å². The maximum atomic E-state index is 6.16. The zero-order valence-corrected chi connectivity index (χ0v) is 18.0. The van der Waals surface area contributed by atoms with E-state index < -0.39 is 0 Å². The van der Waals surface area contributed by atoms with Crippen LogP contribution >= 0.6 is 0 Å². The van der Waals surface area contributed by atoms with Gasteiger partial charge in [0.1, 0.15) is 22.9 Å². The van der Waals surface area contributed by atoms with Crippen molar-refractivity contribution in [2.24, 2.45) is 0 Å². The number of likely N-dealkylation sites (N-methyl/N-ethyl adjacent to an activating group) is 1. The summed E-state index contributed by atoms with van der Waals surface area (Å²) in [7, 11) is 3.52. The molecule has 6 rings (SSSR count). The maximum absolute atomic E-state index is 6.16. The average Bonchev–Trinajstić information content (AvgIpc) is 3.17. The highest BCUT2D eigenvalue weighted by Crippen LogP contribution is 2.41. The first-order chi connectivity index (χ1) is 15.0. The molecule has 1 aromatic carbocycles. The molecule has 2 aliphatic heterocycles. The number of benzene rings is 1. The fourth-order valence-electron chi connectivity index (χ4n) is 4.54. The van der Waals surface area contributed by atoms with Crippen LogP contribution in [0.3, 0.4) is 0 Å². The van der Waals surface area contributed by atoms with Crippen LogP contribution in [0.1, 0.15) is 26.2 Å². The zero-order valence-electron chi connectivity index (χ0n) is 18.0. The molecule has 2 saturated heterocycles. The van der Waals surface area contributed by atoms with Crippen LogP contribution in [0.2, 0.25) is 0 Å². The van der Waals surface area contributed by atoms with E-state index in [-0.39, 0.29) is 17.4 Å². The third-order valence-electron chi connectivity index (χ3n) is 6.67. The van der Waals surface area contributed by atoms with E-state index in [1.54, 1.807) is 7.11 Å². The molecular weight excluding hydrogens is 396 g/mol. The van der Waals surface area contributed by atoms with Crippen molar-refractivity contribution < 1.29 is 14.2 Å². The molecule has 0 spiro atoms. The van der Waals surface area contributed by atoms with Crippen molar-refractivity contribution in [2.45, 2.75) is 43.6 Å². The van der Waals surface area contributed by atoms with E-state index in [9.17, 15) is 0 Å². The number of nitrogens with zero attached hydrogens (tertiary/aromatic N) is 5. The summed E-state index contributed by atoms with van der Waals surface area (Å²) in [6, 6.07) is 8.62. The summed E-state index contributed by atoms with van der Waals surface area (Å²) < 4.78 is 19.4. The molecule has 2 aromatic heterocycles. The van der Waals surface area contributed by atoms with E-state index in [1.807, 2.05) is 42.2 Å². The molecule has 4 heterocycles. The van der Waals surface area contributed by atoms with Crippen molar-refractivity contribution in [2.75, 3.05) is 32.2 Å². The predicted octanol–water partition coefficient (Wildman–Crippen LogP) is 2.28. The topological polar surface area (TPSA) is 86.6 Å². The van der Waals surface area contributed by atoms with Gasteiger partial charge >= 0.3 is 6.01 Å². The van der Waals surface area contributed by atoms with Crippen molar-refractivity contribution in [3.8, 4) is 17.6 Å². The van der Waals surface area contributed by atoms with E-state index >= 15 is 0 Å². The molecule has 1 aliphatic carbocycles. The molecule has 9 heteroatoms. The summed E-state index contributed by atoms with van der Waals surface area (Å²) in [5, 5.41) is 8.95. The first kappa shape index (κ1) is 18.8.